The molecule has 0 spiro atoms. The number of anilines is 2. The number of hydrogen-bond donors (Lipinski definition) is 2. The van der Waals surface area contributed by atoms with Crippen LogP contribution in [0.25, 0.3) is 11.0 Å². The van der Waals surface area contributed by atoms with E-state index in [0.29, 0.717) is 17.0 Å². The molecule has 5 rings (SSSR count). The summed E-state index contributed by atoms with van der Waals surface area (Å²) in [5.41, 5.74) is 7.73. The van der Waals surface area contributed by atoms with Crippen LogP contribution in [0.5, 0.6) is 0 Å². The molecule has 0 atom stereocenters. The number of nitrogens with zero attached hydrogens (tertiary/aromatic N) is 4. The van der Waals surface area contributed by atoms with Crippen molar-refractivity contribution in [1.82, 2.24) is 19.4 Å². The third kappa shape index (κ3) is 5.36. The Morgan fingerprint density at radius 1 is 1.20 bits per heavy atom. The summed E-state index contributed by atoms with van der Waals surface area (Å²) in [5.74, 6) is -0.308. The number of rotatable bonds is 8. The monoisotopic (exact) mass is 476 g/mol. The maximum atomic E-state index is 12.8. The van der Waals surface area contributed by atoms with E-state index < -0.39 is 11.3 Å². The first-order valence-corrected chi connectivity index (χ1v) is 12.5. The second-order valence-electron chi connectivity index (χ2n) is 9.40. The van der Waals surface area contributed by atoms with Gasteiger partial charge in [-0.1, -0.05) is 25.0 Å². The zero-order chi connectivity index (χ0) is 24.2. The summed E-state index contributed by atoms with van der Waals surface area (Å²) in [7, 11) is 0. The van der Waals surface area contributed by atoms with Crippen molar-refractivity contribution in [2.75, 3.05) is 38.2 Å². The predicted octanol–water partition coefficient (Wildman–Crippen LogP) is 3.01. The fourth-order valence-electron chi connectivity index (χ4n) is 5.10. The molecule has 3 N–H and O–H groups in total. The number of primary amides is 1. The number of fused-ring (bicyclic) bond motifs is 1. The van der Waals surface area contributed by atoms with E-state index in [4.69, 9.17) is 15.5 Å². The number of amides is 1. The summed E-state index contributed by atoms with van der Waals surface area (Å²) in [6.45, 7) is 4.73. The molecule has 1 aliphatic heterocycles. The van der Waals surface area contributed by atoms with Crippen LogP contribution in [0.2, 0.25) is 0 Å². The van der Waals surface area contributed by atoms with Crippen molar-refractivity contribution in [2.24, 2.45) is 5.73 Å². The number of aromatic nitrogens is 3. The number of benzene rings is 1. The Bertz CT molecular complexity index is 1260. The van der Waals surface area contributed by atoms with E-state index in [1.165, 1.54) is 11.8 Å². The van der Waals surface area contributed by atoms with Crippen LogP contribution in [0.1, 0.15) is 54.1 Å². The standard InChI is InChI=1S/C26H32N6O3/c27-24(34)22-17-32(20-8-1-2-9-20)25-21(23(22)33)16-28-26(30-25)29-19-7-3-5-18(15-19)6-4-10-31-11-13-35-14-12-31/h3,5,7,15-17,20H,1-2,4,6,8-14H2,(H2,27,34)(H,28,29,30). The molecule has 0 bridgehead atoms. The lowest BCUT2D eigenvalue weighted by Crippen LogP contribution is -2.36. The van der Waals surface area contributed by atoms with Crippen LogP contribution in [0.3, 0.4) is 0 Å². The lowest BCUT2D eigenvalue weighted by Gasteiger charge is -2.26. The number of pyridine rings is 1. The van der Waals surface area contributed by atoms with Crippen LogP contribution >= 0.6 is 0 Å². The minimum absolute atomic E-state index is 0.0153. The molecule has 1 amide bonds. The first kappa shape index (κ1) is 23.4. The van der Waals surface area contributed by atoms with Crippen LogP contribution in [-0.2, 0) is 11.2 Å². The number of hydrogen-bond acceptors (Lipinski definition) is 7. The van der Waals surface area contributed by atoms with E-state index in [9.17, 15) is 9.59 Å². The van der Waals surface area contributed by atoms with Gasteiger partial charge in [0.2, 0.25) is 11.4 Å². The molecule has 9 heteroatoms. The summed E-state index contributed by atoms with van der Waals surface area (Å²) in [5, 5.41) is 3.61. The molecule has 1 saturated carbocycles. The number of carbonyl (C=O) groups is 1. The lowest BCUT2D eigenvalue weighted by molar-refractivity contribution is 0.0375. The number of carbonyl (C=O) groups excluding carboxylic acids is 1. The molecule has 3 heterocycles. The van der Waals surface area contributed by atoms with Gasteiger partial charge in [-0.2, -0.15) is 4.98 Å². The molecule has 9 nitrogen and oxygen atoms in total. The van der Waals surface area contributed by atoms with Crippen molar-refractivity contribution < 1.29 is 9.53 Å². The highest BCUT2D eigenvalue weighted by Gasteiger charge is 2.22. The summed E-state index contributed by atoms with van der Waals surface area (Å²) in [4.78, 5) is 36.2. The van der Waals surface area contributed by atoms with Crippen molar-refractivity contribution in [1.29, 1.82) is 0 Å². The van der Waals surface area contributed by atoms with Gasteiger partial charge in [0.05, 0.1) is 18.6 Å². The Labute approximate surface area is 204 Å². The highest BCUT2D eigenvalue weighted by Crippen LogP contribution is 2.31. The van der Waals surface area contributed by atoms with E-state index >= 15 is 0 Å². The molecule has 184 valence electrons. The first-order valence-electron chi connectivity index (χ1n) is 12.5. The molecule has 2 fully saturated rings. The maximum absolute atomic E-state index is 12.8. The van der Waals surface area contributed by atoms with Crippen molar-refractivity contribution in [2.45, 2.75) is 44.6 Å². The van der Waals surface area contributed by atoms with Crippen molar-refractivity contribution in [3.05, 3.63) is 58.0 Å². The van der Waals surface area contributed by atoms with Gasteiger partial charge in [-0.25, -0.2) is 4.98 Å². The molecule has 1 aromatic carbocycles. The van der Waals surface area contributed by atoms with Crippen LogP contribution in [0, 0.1) is 0 Å². The van der Waals surface area contributed by atoms with Crippen LogP contribution < -0.4 is 16.5 Å². The van der Waals surface area contributed by atoms with Gasteiger partial charge in [0.1, 0.15) is 11.2 Å². The minimum Gasteiger partial charge on any atom is -0.379 e. The lowest BCUT2D eigenvalue weighted by atomic mass is 10.1. The van der Waals surface area contributed by atoms with Gasteiger partial charge >= 0.3 is 0 Å². The summed E-state index contributed by atoms with van der Waals surface area (Å²) in [6, 6.07) is 8.45. The van der Waals surface area contributed by atoms with E-state index in [-0.39, 0.29) is 11.6 Å². The third-order valence-electron chi connectivity index (χ3n) is 6.98. The zero-order valence-corrected chi connectivity index (χ0v) is 19.9. The van der Waals surface area contributed by atoms with Crippen LogP contribution in [0.4, 0.5) is 11.6 Å². The maximum Gasteiger partial charge on any atom is 0.254 e. The molecule has 2 aliphatic rings. The van der Waals surface area contributed by atoms with Crippen molar-refractivity contribution in [3.63, 3.8) is 0 Å². The Kier molecular flexibility index (Phi) is 7.06. The third-order valence-corrected chi connectivity index (χ3v) is 6.98. The van der Waals surface area contributed by atoms with E-state index in [1.807, 2.05) is 16.7 Å². The average Bonchev–Trinajstić information content (AvgIpc) is 3.40. The van der Waals surface area contributed by atoms with Gasteiger partial charge in [0.15, 0.2) is 0 Å². The highest BCUT2D eigenvalue weighted by molar-refractivity contribution is 5.95. The van der Waals surface area contributed by atoms with Gasteiger partial charge in [-0.05, 0) is 49.9 Å². The van der Waals surface area contributed by atoms with E-state index in [2.05, 4.69) is 27.3 Å². The Morgan fingerprint density at radius 2 is 2.00 bits per heavy atom. The van der Waals surface area contributed by atoms with Crippen molar-refractivity contribution in [3.8, 4) is 0 Å². The highest BCUT2D eigenvalue weighted by atomic mass is 16.5. The number of aryl methyl sites for hydroxylation is 1. The number of morpholine rings is 1. The quantitative estimate of drug-likeness (QED) is 0.513. The van der Waals surface area contributed by atoms with Crippen LogP contribution in [-0.4, -0.2) is 58.2 Å². The fraction of sp³-hybridized carbons (Fsp3) is 0.462. The number of nitrogens with two attached hydrogens (primary N) is 1. The zero-order valence-electron chi connectivity index (χ0n) is 19.9. The second kappa shape index (κ2) is 10.5. The van der Waals surface area contributed by atoms with Gasteiger partial charge in [0.25, 0.3) is 5.91 Å². The largest absolute Gasteiger partial charge is 0.379 e. The Morgan fingerprint density at radius 3 is 2.77 bits per heavy atom. The SMILES string of the molecule is NC(=O)c1cn(C2CCCC2)c2nc(Nc3cccc(CCCN4CCOCC4)c3)ncc2c1=O. The first-order chi connectivity index (χ1) is 17.1. The normalized spacial score (nSPS) is 17.1. The summed E-state index contributed by atoms with van der Waals surface area (Å²) >= 11 is 0. The van der Waals surface area contributed by atoms with Gasteiger partial charge in [-0.3, -0.25) is 14.5 Å². The van der Waals surface area contributed by atoms with Gasteiger partial charge < -0.3 is 20.4 Å². The molecule has 0 unspecified atom stereocenters. The predicted molar refractivity (Wildman–Crippen MR) is 135 cm³/mol. The van der Waals surface area contributed by atoms with Gasteiger partial charge in [-0.15, -0.1) is 0 Å². The minimum atomic E-state index is -0.726. The van der Waals surface area contributed by atoms with E-state index in [1.54, 1.807) is 6.20 Å². The molecule has 3 aromatic rings. The number of ether oxygens (including phenoxy) is 1. The number of nitrogens with one attached hydrogen (secondary N) is 1. The molecule has 1 saturated heterocycles. The smallest absolute Gasteiger partial charge is 0.254 e. The average molecular weight is 477 g/mol. The molecule has 35 heavy (non-hydrogen) atoms. The fourth-order valence-corrected chi connectivity index (χ4v) is 5.10. The van der Waals surface area contributed by atoms with Gasteiger partial charge in [0, 0.05) is 37.2 Å². The molecule has 0 radical (unpaired) electrons. The topological polar surface area (TPSA) is 115 Å². The van der Waals surface area contributed by atoms with Crippen LogP contribution in [0.15, 0.2) is 41.5 Å². The summed E-state index contributed by atoms with van der Waals surface area (Å²) < 4.78 is 7.36. The summed E-state index contributed by atoms with van der Waals surface area (Å²) in [6.07, 6.45) is 9.34. The molecule has 1 aliphatic carbocycles. The van der Waals surface area contributed by atoms with E-state index in [0.717, 1.165) is 77.1 Å². The Balaban J connectivity index is 1.36. The second-order valence-corrected chi connectivity index (χ2v) is 9.40. The molecular weight excluding hydrogens is 444 g/mol. The Hall–Kier alpha value is -3.30. The molecular formula is C26H32N6O3. The van der Waals surface area contributed by atoms with Crippen molar-refractivity contribution >= 4 is 28.6 Å². The molecule has 2 aromatic heterocycles.